The van der Waals surface area contributed by atoms with Crippen LogP contribution in [0.4, 0.5) is 0 Å². The minimum absolute atomic E-state index is 0.0492. The minimum Gasteiger partial charge on any atom is -0.467 e. The van der Waals surface area contributed by atoms with Crippen LogP contribution in [-0.2, 0) is 4.79 Å². The summed E-state index contributed by atoms with van der Waals surface area (Å²) in [5, 5.41) is 15.8. The molecule has 1 atom stereocenters. The van der Waals surface area contributed by atoms with E-state index in [-0.39, 0.29) is 18.6 Å². The van der Waals surface area contributed by atoms with Crippen LogP contribution in [0.25, 0.3) is 5.65 Å². The van der Waals surface area contributed by atoms with Gasteiger partial charge in [-0.05, 0) is 25.8 Å². The zero-order chi connectivity index (χ0) is 16.5. The summed E-state index contributed by atoms with van der Waals surface area (Å²) in [5.41, 5.74) is 1.41. The van der Waals surface area contributed by atoms with Crippen molar-refractivity contribution in [2.24, 2.45) is 0 Å². The quantitative estimate of drug-likeness (QED) is 0.708. The van der Waals surface area contributed by atoms with E-state index in [0.717, 1.165) is 24.3 Å². The van der Waals surface area contributed by atoms with E-state index < -0.39 is 0 Å². The molecule has 9 heteroatoms. The molecule has 0 bridgehead atoms. The van der Waals surface area contributed by atoms with Gasteiger partial charge in [-0.25, -0.2) is 0 Å². The third-order valence-electron chi connectivity index (χ3n) is 4.04. The first-order chi connectivity index (χ1) is 11.7. The largest absolute Gasteiger partial charge is 0.467 e. The molecule has 4 rings (SSSR count). The molecule has 0 unspecified atom stereocenters. The molecule has 0 radical (unpaired) electrons. The molecule has 0 saturated carbocycles. The Morgan fingerprint density at radius 1 is 1.46 bits per heavy atom. The second-order valence-corrected chi connectivity index (χ2v) is 5.70. The van der Waals surface area contributed by atoms with Crippen molar-refractivity contribution in [1.29, 1.82) is 0 Å². The number of hydrogen-bond acceptors (Lipinski definition) is 7. The average molecular weight is 328 g/mol. The zero-order valence-corrected chi connectivity index (χ0v) is 13.1. The predicted molar refractivity (Wildman–Crippen MR) is 81.2 cm³/mol. The highest BCUT2D eigenvalue weighted by molar-refractivity contribution is 5.78. The molecule has 1 saturated heterocycles. The molecule has 4 heterocycles. The number of hydrogen-bond donors (Lipinski definition) is 0. The molecular weight excluding hydrogens is 312 g/mol. The van der Waals surface area contributed by atoms with Crippen molar-refractivity contribution >= 4 is 11.6 Å². The van der Waals surface area contributed by atoms with Gasteiger partial charge in [0.25, 0.3) is 5.91 Å². The highest BCUT2D eigenvalue weighted by atomic mass is 16.5. The Bertz CT molecular complexity index is 873. The summed E-state index contributed by atoms with van der Waals surface area (Å²) < 4.78 is 12.1. The van der Waals surface area contributed by atoms with E-state index in [1.165, 1.54) is 10.8 Å². The predicted octanol–water partition coefficient (Wildman–Crippen LogP) is 1.16. The molecule has 0 aliphatic carbocycles. The van der Waals surface area contributed by atoms with Gasteiger partial charge in [-0.3, -0.25) is 4.79 Å². The summed E-state index contributed by atoms with van der Waals surface area (Å²) in [6, 6.07) is 5.22. The van der Waals surface area contributed by atoms with E-state index in [1.54, 1.807) is 17.0 Å². The average Bonchev–Trinajstić information content (AvgIpc) is 3.31. The molecule has 0 spiro atoms. The molecule has 24 heavy (non-hydrogen) atoms. The topological polar surface area (TPSA) is 98.7 Å². The lowest BCUT2D eigenvalue weighted by Crippen LogP contribution is -2.34. The Morgan fingerprint density at radius 2 is 2.38 bits per heavy atom. The number of aryl methyl sites for hydroxylation is 1. The Balaban J connectivity index is 1.43. The third-order valence-corrected chi connectivity index (χ3v) is 4.04. The standard InChI is InChI=1S/C15H16N6O3/c1-10-7-11(19-24-10)12-3-2-6-20(12)15(22)8-23-14-5-4-13-17-16-9-21(13)18-14/h4-5,7,9,12H,2-3,6,8H2,1H3/t12-/m0/s1. The van der Waals surface area contributed by atoms with Crippen molar-refractivity contribution in [3.05, 3.63) is 36.0 Å². The number of fused-ring (bicyclic) bond motifs is 1. The number of ether oxygens (including phenoxy) is 1. The Labute approximate surface area is 137 Å². The van der Waals surface area contributed by atoms with Crippen molar-refractivity contribution < 1.29 is 14.1 Å². The van der Waals surface area contributed by atoms with E-state index >= 15 is 0 Å². The normalized spacial score (nSPS) is 17.5. The summed E-state index contributed by atoms with van der Waals surface area (Å²) in [5.74, 6) is 1.000. The van der Waals surface area contributed by atoms with Gasteiger partial charge in [0.05, 0.1) is 6.04 Å². The molecule has 0 N–H and O–H groups in total. The van der Waals surface area contributed by atoms with Crippen molar-refractivity contribution in [2.75, 3.05) is 13.2 Å². The van der Waals surface area contributed by atoms with E-state index in [9.17, 15) is 4.79 Å². The van der Waals surface area contributed by atoms with Gasteiger partial charge in [-0.2, -0.15) is 4.52 Å². The third kappa shape index (κ3) is 2.68. The SMILES string of the molecule is Cc1cc([C@@H]2CCCN2C(=O)COc2ccc3nncn3n2)no1. The Kier molecular flexibility index (Phi) is 3.60. The van der Waals surface area contributed by atoms with Crippen LogP contribution < -0.4 is 4.74 Å². The first kappa shape index (κ1) is 14.6. The van der Waals surface area contributed by atoms with E-state index in [0.29, 0.717) is 18.1 Å². The van der Waals surface area contributed by atoms with E-state index in [1.807, 2.05) is 13.0 Å². The number of aromatic nitrogens is 5. The maximum atomic E-state index is 12.5. The first-order valence-electron chi connectivity index (χ1n) is 7.73. The van der Waals surface area contributed by atoms with Crippen LogP contribution in [0.5, 0.6) is 5.88 Å². The number of rotatable bonds is 4. The summed E-state index contributed by atoms with van der Waals surface area (Å²) in [6.45, 7) is 2.46. The van der Waals surface area contributed by atoms with Crippen molar-refractivity contribution in [2.45, 2.75) is 25.8 Å². The molecule has 0 aromatic carbocycles. The summed E-state index contributed by atoms with van der Waals surface area (Å²) in [4.78, 5) is 14.3. The maximum absolute atomic E-state index is 12.5. The van der Waals surface area contributed by atoms with Crippen LogP contribution in [0.3, 0.4) is 0 Å². The number of amides is 1. The van der Waals surface area contributed by atoms with Gasteiger partial charge < -0.3 is 14.2 Å². The van der Waals surface area contributed by atoms with Crippen LogP contribution in [0.15, 0.2) is 29.0 Å². The molecule has 1 aliphatic heterocycles. The number of nitrogens with zero attached hydrogens (tertiary/aromatic N) is 6. The molecule has 3 aromatic heterocycles. The summed E-state index contributed by atoms with van der Waals surface area (Å²) in [6.07, 6.45) is 3.29. The Morgan fingerprint density at radius 3 is 3.21 bits per heavy atom. The second kappa shape index (κ2) is 5.91. The van der Waals surface area contributed by atoms with E-state index in [2.05, 4.69) is 20.5 Å². The van der Waals surface area contributed by atoms with Gasteiger partial charge in [0.2, 0.25) is 5.88 Å². The Hall–Kier alpha value is -2.97. The van der Waals surface area contributed by atoms with Crippen LogP contribution >= 0.6 is 0 Å². The van der Waals surface area contributed by atoms with Crippen LogP contribution in [0, 0.1) is 6.92 Å². The highest BCUT2D eigenvalue weighted by Gasteiger charge is 2.32. The molecule has 124 valence electrons. The maximum Gasteiger partial charge on any atom is 0.261 e. The van der Waals surface area contributed by atoms with Crippen molar-refractivity contribution in [3.8, 4) is 5.88 Å². The summed E-state index contributed by atoms with van der Waals surface area (Å²) >= 11 is 0. The number of carbonyl (C=O) groups excluding carboxylic acids is 1. The summed E-state index contributed by atoms with van der Waals surface area (Å²) in [7, 11) is 0. The van der Waals surface area contributed by atoms with Gasteiger partial charge >= 0.3 is 0 Å². The fraction of sp³-hybridized carbons (Fsp3) is 0.400. The first-order valence-corrected chi connectivity index (χ1v) is 7.73. The molecule has 3 aromatic rings. The number of carbonyl (C=O) groups is 1. The molecular formula is C15H16N6O3. The van der Waals surface area contributed by atoms with Crippen molar-refractivity contribution in [3.63, 3.8) is 0 Å². The van der Waals surface area contributed by atoms with Gasteiger partial charge in [-0.15, -0.1) is 15.3 Å². The van der Waals surface area contributed by atoms with Gasteiger partial charge in [0, 0.05) is 18.7 Å². The fourth-order valence-electron chi connectivity index (χ4n) is 2.92. The number of likely N-dealkylation sites (tertiary alicyclic amines) is 1. The van der Waals surface area contributed by atoms with Crippen LogP contribution in [0.1, 0.15) is 30.3 Å². The van der Waals surface area contributed by atoms with Gasteiger partial charge in [0.1, 0.15) is 17.8 Å². The lowest BCUT2D eigenvalue weighted by molar-refractivity contribution is -0.134. The zero-order valence-electron chi connectivity index (χ0n) is 13.1. The van der Waals surface area contributed by atoms with E-state index in [4.69, 9.17) is 9.26 Å². The van der Waals surface area contributed by atoms with Gasteiger partial charge in [0.15, 0.2) is 12.3 Å². The highest BCUT2D eigenvalue weighted by Crippen LogP contribution is 2.31. The minimum atomic E-state index is -0.0937. The second-order valence-electron chi connectivity index (χ2n) is 5.70. The van der Waals surface area contributed by atoms with Gasteiger partial charge in [-0.1, -0.05) is 5.16 Å². The molecule has 1 amide bonds. The molecule has 9 nitrogen and oxygen atoms in total. The van der Waals surface area contributed by atoms with Crippen LogP contribution in [-0.4, -0.2) is 48.9 Å². The molecule has 1 fully saturated rings. The lowest BCUT2D eigenvalue weighted by Gasteiger charge is -2.22. The smallest absolute Gasteiger partial charge is 0.261 e. The lowest BCUT2D eigenvalue weighted by atomic mass is 10.1. The fourth-order valence-corrected chi connectivity index (χ4v) is 2.92. The molecule has 1 aliphatic rings. The monoisotopic (exact) mass is 328 g/mol. The van der Waals surface area contributed by atoms with Crippen molar-refractivity contribution in [1.82, 2.24) is 29.9 Å². The van der Waals surface area contributed by atoms with Crippen LogP contribution in [0.2, 0.25) is 0 Å².